The molecule has 0 radical (unpaired) electrons. The Kier molecular flexibility index (Phi) is 4.94. The fraction of sp³-hybridized carbons (Fsp3) is 0.235. The number of benzene rings is 2. The molecule has 2 unspecified atom stereocenters. The molecule has 2 aromatic carbocycles. The number of nitrogens with two attached hydrogens (primary N) is 1. The molecule has 21 heavy (non-hydrogen) atoms. The zero-order chi connectivity index (χ0) is 15.2. The maximum Gasteiger partial charge on any atom is 0.136 e. The summed E-state index contributed by atoms with van der Waals surface area (Å²) in [7, 11) is 1.51. The van der Waals surface area contributed by atoms with Crippen molar-refractivity contribution in [3.8, 4) is 11.8 Å². The van der Waals surface area contributed by atoms with Crippen LogP contribution < -0.4 is 10.5 Å². The fourth-order valence-corrected chi connectivity index (χ4v) is 2.24. The quantitative estimate of drug-likeness (QED) is 0.881. The molecule has 3 N–H and O–H groups in total. The second-order valence-corrected chi connectivity index (χ2v) is 4.87. The molecule has 108 valence electrons. The molecule has 0 aliphatic heterocycles. The third kappa shape index (κ3) is 3.60. The van der Waals surface area contributed by atoms with E-state index in [1.165, 1.54) is 7.11 Å². The Bertz CT molecular complexity index is 635. The highest BCUT2D eigenvalue weighted by Gasteiger charge is 2.18. The van der Waals surface area contributed by atoms with Crippen molar-refractivity contribution in [1.82, 2.24) is 0 Å². The molecule has 0 saturated heterocycles. The lowest BCUT2D eigenvalue weighted by Gasteiger charge is -2.20. The van der Waals surface area contributed by atoms with Crippen LogP contribution in [-0.2, 0) is 6.42 Å². The van der Waals surface area contributed by atoms with Crippen molar-refractivity contribution in [1.29, 1.82) is 5.26 Å². The summed E-state index contributed by atoms with van der Waals surface area (Å²) >= 11 is 0. The minimum Gasteiger partial charge on any atom is -0.495 e. The van der Waals surface area contributed by atoms with Crippen molar-refractivity contribution >= 4 is 0 Å². The molecule has 4 nitrogen and oxygen atoms in total. The van der Waals surface area contributed by atoms with Gasteiger partial charge in [-0.05, 0) is 29.7 Å². The largest absolute Gasteiger partial charge is 0.495 e. The molecule has 0 amide bonds. The number of hydrogen-bond acceptors (Lipinski definition) is 4. The number of hydrogen-bond donors (Lipinski definition) is 2. The fourth-order valence-electron chi connectivity index (χ4n) is 2.24. The number of aliphatic hydroxyl groups excluding tert-OH is 1. The SMILES string of the molecule is COc1ccc(C(O)C(N)Cc2ccccc2)cc1C#N. The first kappa shape index (κ1) is 15.0. The van der Waals surface area contributed by atoms with Gasteiger partial charge >= 0.3 is 0 Å². The van der Waals surface area contributed by atoms with Gasteiger partial charge in [-0.1, -0.05) is 36.4 Å². The highest BCUT2D eigenvalue weighted by Crippen LogP contribution is 2.25. The maximum absolute atomic E-state index is 10.4. The lowest BCUT2D eigenvalue weighted by atomic mass is 9.95. The minimum atomic E-state index is -0.830. The van der Waals surface area contributed by atoms with Crippen LogP contribution in [0.25, 0.3) is 0 Å². The third-order valence-corrected chi connectivity index (χ3v) is 3.41. The van der Waals surface area contributed by atoms with Crippen molar-refractivity contribution in [3.63, 3.8) is 0 Å². The number of methoxy groups -OCH3 is 1. The first-order valence-corrected chi connectivity index (χ1v) is 6.71. The summed E-state index contributed by atoms with van der Waals surface area (Å²) in [4.78, 5) is 0. The van der Waals surface area contributed by atoms with Crippen LogP contribution in [0.15, 0.2) is 48.5 Å². The molecule has 0 aliphatic carbocycles. The molecule has 0 heterocycles. The second kappa shape index (κ2) is 6.89. The molecular formula is C17H18N2O2. The Morgan fingerprint density at radius 2 is 1.95 bits per heavy atom. The van der Waals surface area contributed by atoms with Gasteiger partial charge in [-0.15, -0.1) is 0 Å². The van der Waals surface area contributed by atoms with Crippen LogP contribution in [0.5, 0.6) is 5.75 Å². The minimum absolute atomic E-state index is 0.390. The van der Waals surface area contributed by atoms with Crippen LogP contribution in [0, 0.1) is 11.3 Å². The molecule has 0 fully saturated rings. The van der Waals surface area contributed by atoms with E-state index in [-0.39, 0.29) is 0 Å². The molecule has 0 aliphatic rings. The summed E-state index contributed by atoms with van der Waals surface area (Å²) in [6, 6.07) is 16.4. The van der Waals surface area contributed by atoms with Gasteiger partial charge in [-0.2, -0.15) is 5.26 Å². The molecule has 0 bridgehead atoms. The number of nitriles is 1. The molecule has 4 heteroatoms. The van der Waals surface area contributed by atoms with Crippen molar-refractivity contribution in [3.05, 3.63) is 65.2 Å². The highest BCUT2D eigenvalue weighted by atomic mass is 16.5. The van der Waals surface area contributed by atoms with Gasteiger partial charge in [-0.25, -0.2) is 0 Å². The third-order valence-electron chi connectivity index (χ3n) is 3.41. The van der Waals surface area contributed by atoms with Crippen LogP contribution in [0.3, 0.4) is 0 Å². The molecule has 2 atom stereocenters. The molecule has 0 spiro atoms. The van der Waals surface area contributed by atoms with E-state index >= 15 is 0 Å². The summed E-state index contributed by atoms with van der Waals surface area (Å²) in [6.45, 7) is 0. The monoisotopic (exact) mass is 282 g/mol. The average Bonchev–Trinajstić information content (AvgIpc) is 2.54. The van der Waals surface area contributed by atoms with Gasteiger partial charge in [0, 0.05) is 6.04 Å². The van der Waals surface area contributed by atoms with Gasteiger partial charge < -0.3 is 15.6 Å². The van der Waals surface area contributed by atoms with E-state index in [1.54, 1.807) is 18.2 Å². The Balaban J connectivity index is 2.16. The van der Waals surface area contributed by atoms with E-state index in [4.69, 9.17) is 15.7 Å². The van der Waals surface area contributed by atoms with Crippen molar-refractivity contribution in [2.24, 2.45) is 5.73 Å². The lowest BCUT2D eigenvalue weighted by molar-refractivity contribution is 0.146. The number of rotatable bonds is 5. The molecule has 0 saturated carbocycles. The number of ether oxygens (including phenoxy) is 1. The standard InChI is InChI=1S/C17H18N2O2/c1-21-16-8-7-13(10-14(16)11-18)17(20)15(19)9-12-5-3-2-4-6-12/h2-8,10,15,17,20H,9,19H2,1H3. The van der Waals surface area contributed by atoms with E-state index in [2.05, 4.69) is 6.07 Å². The summed E-state index contributed by atoms with van der Waals surface area (Å²) in [5.74, 6) is 0.491. The van der Waals surface area contributed by atoms with E-state index in [1.807, 2.05) is 30.3 Å². The summed E-state index contributed by atoms with van der Waals surface area (Å²) in [5, 5.41) is 19.4. The van der Waals surface area contributed by atoms with Crippen LogP contribution >= 0.6 is 0 Å². The van der Waals surface area contributed by atoms with Crippen molar-refractivity contribution < 1.29 is 9.84 Å². The molecule has 2 rings (SSSR count). The van der Waals surface area contributed by atoms with Gasteiger partial charge in [0.1, 0.15) is 11.8 Å². The van der Waals surface area contributed by atoms with Crippen molar-refractivity contribution in [2.75, 3.05) is 7.11 Å². The van der Waals surface area contributed by atoms with E-state index in [9.17, 15) is 5.11 Å². The summed E-state index contributed by atoms with van der Waals surface area (Å²) in [6.07, 6.45) is -0.265. The normalized spacial score (nSPS) is 13.2. The number of aliphatic hydroxyl groups is 1. The second-order valence-electron chi connectivity index (χ2n) is 4.87. The van der Waals surface area contributed by atoms with Gasteiger partial charge in [0.2, 0.25) is 0 Å². The first-order valence-electron chi connectivity index (χ1n) is 6.71. The Morgan fingerprint density at radius 3 is 2.57 bits per heavy atom. The van der Waals surface area contributed by atoms with Gasteiger partial charge in [0.05, 0.1) is 18.8 Å². The zero-order valence-electron chi connectivity index (χ0n) is 11.9. The lowest BCUT2D eigenvalue weighted by Crippen LogP contribution is -2.30. The van der Waals surface area contributed by atoms with E-state index in [0.717, 1.165) is 5.56 Å². The summed E-state index contributed by atoms with van der Waals surface area (Å²) in [5.41, 5.74) is 8.16. The van der Waals surface area contributed by atoms with E-state index < -0.39 is 12.1 Å². The average molecular weight is 282 g/mol. The molecule has 0 aromatic heterocycles. The highest BCUT2D eigenvalue weighted by molar-refractivity contribution is 5.46. The Morgan fingerprint density at radius 1 is 1.24 bits per heavy atom. The Hall–Kier alpha value is -2.35. The zero-order valence-corrected chi connectivity index (χ0v) is 11.9. The predicted molar refractivity (Wildman–Crippen MR) is 80.8 cm³/mol. The first-order chi connectivity index (χ1) is 10.2. The molecular weight excluding hydrogens is 264 g/mol. The van der Waals surface area contributed by atoms with Crippen LogP contribution in [0.1, 0.15) is 22.8 Å². The van der Waals surface area contributed by atoms with Crippen LogP contribution in [0.2, 0.25) is 0 Å². The topological polar surface area (TPSA) is 79.3 Å². The Labute approximate surface area is 124 Å². The predicted octanol–water partition coefficient (Wildman–Crippen LogP) is 2.17. The summed E-state index contributed by atoms with van der Waals surface area (Å²) < 4.78 is 5.09. The number of nitrogens with zero attached hydrogens (tertiary/aromatic N) is 1. The smallest absolute Gasteiger partial charge is 0.136 e. The maximum atomic E-state index is 10.4. The van der Waals surface area contributed by atoms with Crippen molar-refractivity contribution in [2.45, 2.75) is 18.6 Å². The van der Waals surface area contributed by atoms with Gasteiger partial charge in [-0.3, -0.25) is 0 Å². The molecule has 2 aromatic rings. The van der Waals surface area contributed by atoms with Crippen LogP contribution in [0.4, 0.5) is 0 Å². The van der Waals surface area contributed by atoms with E-state index in [0.29, 0.717) is 23.3 Å². The van der Waals surface area contributed by atoms with Crippen LogP contribution in [-0.4, -0.2) is 18.3 Å². The van der Waals surface area contributed by atoms with Gasteiger partial charge in [0.25, 0.3) is 0 Å². The van der Waals surface area contributed by atoms with Gasteiger partial charge in [0.15, 0.2) is 0 Å².